The van der Waals surface area contributed by atoms with Gasteiger partial charge in [-0.15, -0.1) is 11.3 Å². The Morgan fingerprint density at radius 2 is 2.53 bits per heavy atom. The van der Waals surface area contributed by atoms with Gasteiger partial charge in [-0.05, 0) is 25.0 Å². The molecule has 0 saturated carbocycles. The Morgan fingerprint density at radius 1 is 1.76 bits per heavy atom. The number of likely N-dealkylation sites (tertiary alicyclic amines) is 1. The molecule has 6 heteroatoms. The van der Waals surface area contributed by atoms with Gasteiger partial charge < -0.3 is 5.11 Å². The number of carbonyl (C=O) groups excluding carboxylic acids is 1. The lowest BCUT2D eigenvalue weighted by Crippen LogP contribution is -2.29. The molecule has 2 rings (SSSR count). The van der Waals surface area contributed by atoms with Gasteiger partial charge in [0.05, 0.1) is 11.0 Å². The highest BCUT2D eigenvalue weighted by Gasteiger charge is 2.21. The molecule has 1 aliphatic heterocycles. The Kier molecular flexibility index (Phi) is 3.78. The number of rotatable bonds is 3. The predicted octanol–water partition coefficient (Wildman–Crippen LogP) is 0.227. The lowest BCUT2D eigenvalue weighted by molar-refractivity contribution is 0.0957. The summed E-state index contributed by atoms with van der Waals surface area (Å²) < 4.78 is 0. The molecule has 1 aromatic heterocycles. The number of aliphatic hydroxyl groups is 1. The van der Waals surface area contributed by atoms with Crippen molar-refractivity contribution in [1.82, 2.24) is 10.3 Å². The monoisotopic (exact) mass is 255 g/mol. The summed E-state index contributed by atoms with van der Waals surface area (Å²) in [5.41, 5.74) is 3.28. The Bertz CT molecular complexity index is 419. The van der Waals surface area contributed by atoms with E-state index in [-0.39, 0.29) is 12.0 Å². The molecule has 0 aromatic carbocycles. The van der Waals surface area contributed by atoms with Gasteiger partial charge in [0.25, 0.3) is 5.91 Å². The molecule has 17 heavy (non-hydrogen) atoms. The number of aliphatic hydroxyl groups excluding tert-OH is 1. The minimum absolute atomic E-state index is 0.208. The number of nitrogen functional groups attached to an aromatic ring is 1. The van der Waals surface area contributed by atoms with Crippen molar-refractivity contribution < 1.29 is 9.90 Å². The number of nitrogens with one attached hydrogen (secondary N) is 1. The van der Waals surface area contributed by atoms with Crippen molar-refractivity contribution in [2.45, 2.75) is 26.0 Å². The molecule has 0 radical (unpaired) electrons. The molecule has 1 amide bonds. The van der Waals surface area contributed by atoms with Crippen LogP contribution in [0.15, 0.2) is 6.07 Å². The minimum atomic E-state index is -0.245. The molecule has 1 atom stereocenters. The number of hydrazine groups is 1. The Hall–Kier alpha value is -0.950. The molecular weight excluding hydrogens is 238 g/mol. The highest BCUT2D eigenvalue weighted by Crippen LogP contribution is 2.24. The number of amides is 1. The highest BCUT2D eigenvalue weighted by atomic mass is 32.1. The quantitative estimate of drug-likeness (QED) is 0.410. The van der Waals surface area contributed by atoms with Crippen LogP contribution in [0.4, 0.5) is 0 Å². The van der Waals surface area contributed by atoms with Gasteiger partial charge in [-0.1, -0.05) is 0 Å². The van der Waals surface area contributed by atoms with Crippen LogP contribution >= 0.6 is 11.3 Å². The smallest absolute Gasteiger partial charge is 0.275 e. The maximum Gasteiger partial charge on any atom is 0.275 e. The lowest BCUT2D eigenvalue weighted by atomic mass is 10.2. The van der Waals surface area contributed by atoms with Crippen molar-refractivity contribution in [3.8, 4) is 0 Å². The summed E-state index contributed by atoms with van der Waals surface area (Å²) in [4.78, 5) is 15.4. The van der Waals surface area contributed by atoms with Crippen LogP contribution in [0.3, 0.4) is 0 Å². The molecule has 5 nitrogen and oxygen atoms in total. The average Bonchev–Trinajstić information content (AvgIpc) is 2.86. The minimum Gasteiger partial charge on any atom is -0.392 e. The van der Waals surface area contributed by atoms with Crippen LogP contribution in [0.5, 0.6) is 0 Å². The van der Waals surface area contributed by atoms with E-state index >= 15 is 0 Å². The number of nitrogens with zero attached hydrogens (tertiary/aromatic N) is 1. The molecule has 1 aromatic rings. The third kappa shape index (κ3) is 2.84. The predicted molar refractivity (Wildman–Crippen MR) is 66.6 cm³/mol. The van der Waals surface area contributed by atoms with E-state index in [9.17, 15) is 9.90 Å². The van der Waals surface area contributed by atoms with Gasteiger partial charge in [0.1, 0.15) is 0 Å². The number of carbonyl (C=O) groups is 1. The largest absolute Gasteiger partial charge is 0.392 e. The third-order valence-corrected chi connectivity index (χ3v) is 4.11. The van der Waals surface area contributed by atoms with Crippen molar-refractivity contribution in [2.75, 3.05) is 13.1 Å². The van der Waals surface area contributed by atoms with Crippen molar-refractivity contribution >= 4 is 17.2 Å². The molecule has 2 heterocycles. The topological polar surface area (TPSA) is 78.6 Å². The van der Waals surface area contributed by atoms with E-state index in [0.29, 0.717) is 11.4 Å². The fourth-order valence-electron chi connectivity index (χ4n) is 2.06. The average molecular weight is 255 g/mol. The zero-order valence-electron chi connectivity index (χ0n) is 9.77. The molecule has 1 fully saturated rings. The maximum absolute atomic E-state index is 11.4. The number of nitrogens with two attached hydrogens (primary N) is 1. The van der Waals surface area contributed by atoms with E-state index < -0.39 is 0 Å². The summed E-state index contributed by atoms with van der Waals surface area (Å²) >= 11 is 1.45. The summed E-state index contributed by atoms with van der Waals surface area (Å²) in [5, 5.41) is 9.46. The summed E-state index contributed by atoms with van der Waals surface area (Å²) in [6.07, 6.45) is 0.625. The van der Waals surface area contributed by atoms with Gasteiger partial charge in [-0.3, -0.25) is 15.1 Å². The van der Waals surface area contributed by atoms with E-state index in [1.165, 1.54) is 11.3 Å². The molecule has 1 saturated heterocycles. The second kappa shape index (κ2) is 5.14. The third-order valence-electron chi connectivity index (χ3n) is 3.02. The van der Waals surface area contributed by atoms with Crippen LogP contribution in [0, 0.1) is 6.92 Å². The second-order valence-corrected chi connectivity index (χ2v) is 5.60. The molecular formula is C11H17N3O2S. The maximum atomic E-state index is 11.4. The molecule has 94 valence electrons. The van der Waals surface area contributed by atoms with Crippen LogP contribution in [-0.4, -0.2) is 35.1 Å². The second-order valence-electron chi connectivity index (χ2n) is 4.34. The van der Waals surface area contributed by atoms with Crippen molar-refractivity contribution in [1.29, 1.82) is 0 Å². The number of hydrogen-bond donors (Lipinski definition) is 3. The molecule has 0 bridgehead atoms. The SMILES string of the molecule is Cc1sc(C(=O)NN)cc1CN1CCC(O)C1. The van der Waals surface area contributed by atoms with E-state index in [0.717, 1.165) is 30.0 Å². The Morgan fingerprint density at radius 3 is 3.12 bits per heavy atom. The van der Waals surface area contributed by atoms with Crippen LogP contribution in [0.25, 0.3) is 0 Å². The van der Waals surface area contributed by atoms with Crippen LogP contribution in [0.2, 0.25) is 0 Å². The van der Waals surface area contributed by atoms with Gasteiger partial charge in [0.2, 0.25) is 0 Å². The van der Waals surface area contributed by atoms with Crippen molar-refractivity contribution in [3.63, 3.8) is 0 Å². The summed E-state index contributed by atoms with van der Waals surface area (Å²) in [7, 11) is 0. The van der Waals surface area contributed by atoms with E-state index in [2.05, 4.69) is 10.3 Å². The first-order valence-corrected chi connectivity index (χ1v) is 6.42. The summed E-state index contributed by atoms with van der Waals surface area (Å²) in [6.45, 7) is 4.42. The van der Waals surface area contributed by atoms with E-state index in [4.69, 9.17) is 5.84 Å². The standard InChI is InChI=1S/C11H17N3O2S/c1-7-8(4-10(17-7)11(16)13-12)5-14-3-2-9(15)6-14/h4,9,15H,2-3,5-6,12H2,1H3,(H,13,16). The fraction of sp³-hybridized carbons (Fsp3) is 0.545. The number of aryl methyl sites for hydroxylation is 1. The Labute approximate surface area is 104 Å². The normalized spacial score (nSPS) is 20.8. The van der Waals surface area contributed by atoms with Gasteiger partial charge in [-0.2, -0.15) is 0 Å². The van der Waals surface area contributed by atoms with Gasteiger partial charge in [-0.25, -0.2) is 5.84 Å². The van der Waals surface area contributed by atoms with E-state index in [1.54, 1.807) is 0 Å². The summed E-state index contributed by atoms with van der Waals surface area (Å²) in [6, 6.07) is 1.88. The number of thiophene rings is 1. The van der Waals surface area contributed by atoms with Gasteiger partial charge in [0.15, 0.2) is 0 Å². The van der Waals surface area contributed by atoms with Gasteiger partial charge in [0, 0.05) is 24.5 Å². The molecule has 4 N–H and O–H groups in total. The zero-order valence-corrected chi connectivity index (χ0v) is 10.6. The van der Waals surface area contributed by atoms with Crippen molar-refractivity contribution in [2.24, 2.45) is 5.84 Å². The molecule has 0 spiro atoms. The zero-order chi connectivity index (χ0) is 12.4. The van der Waals surface area contributed by atoms with E-state index in [1.807, 2.05) is 13.0 Å². The van der Waals surface area contributed by atoms with Crippen LogP contribution in [0.1, 0.15) is 26.5 Å². The van der Waals surface area contributed by atoms with Crippen molar-refractivity contribution in [3.05, 3.63) is 21.4 Å². The first-order valence-electron chi connectivity index (χ1n) is 5.61. The summed E-state index contributed by atoms with van der Waals surface area (Å²) in [5.74, 6) is 4.86. The molecule has 1 aliphatic rings. The molecule has 1 unspecified atom stereocenters. The first kappa shape index (κ1) is 12.5. The molecule has 0 aliphatic carbocycles. The first-order chi connectivity index (χ1) is 8.10. The fourth-order valence-corrected chi connectivity index (χ4v) is 2.99. The number of hydrogen-bond acceptors (Lipinski definition) is 5. The lowest BCUT2D eigenvalue weighted by Gasteiger charge is -2.14. The van der Waals surface area contributed by atoms with Crippen LogP contribution < -0.4 is 11.3 Å². The highest BCUT2D eigenvalue weighted by molar-refractivity contribution is 7.14. The van der Waals surface area contributed by atoms with Crippen LogP contribution in [-0.2, 0) is 6.54 Å². The van der Waals surface area contributed by atoms with Gasteiger partial charge >= 0.3 is 0 Å². The Balaban J connectivity index is 2.06. The number of β-amino-alcohol motifs (C(OH)–C–C–N with tert-alkyl or cyclic N) is 1.